The highest BCUT2D eigenvalue weighted by atomic mass is 32.2. The minimum Gasteiger partial charge on any atom is -0.445 e. The first-order valence-corrected chi connectivity index (χ1v) is 44.4. The SMILES string of the molecule is CC[C@H](C)[C@@H]([C@@H](CC(=O)N1CCC[C@H]1[C@H](OC)[C@@H](C)C(=O)N[C@H](C)[C@@H](O)c1ccccc1)OC)N(C)C(=O)[C@@H](NC(=O)[C@H](C(C)C)N(C)C(=O)OCc1ccc(NC(=O)[C@H](CCCNC(N)=O)NC(=O)[C@@H](NC(=O)CCOCCNC(=O)c2ccc(C(=O)C(CS(=O)(=O)c3ccc(C)cc3)CS(=O)(=O)c3ccc(C)cc3)cc2)C(C)C)cc1)C(C)C. The molecule has 1 heterocycles. The zero-order valence-electron chi connectivity index (χ0n) is 72.4. The molecule has 12 atom stereocenters. The van der Waals surface area contributed by atoms with Crippen LogP contribution in [0.2, 0.25) is 0 Å². The van der Waals surface area contributed by atoms with Gasteiger partial charge >= 0.3 is 12.1 Å². The van der Waals surface area contributed by atoms with Gasteiger partial charge in [0.1, 0.15) is 30.8 Å². The van der Waals surface area contributed by atoms with E-state index in [0.29, 0.717) is 42.6 Å². The summed E-state index contributed by atoms with van der Waals surface area (Å²) in [4.78, 5) is 156. The second kappa shape index (κ2) is 47.3. The molecule has 0 radical (unpaired) electrons. The van der Waals surface area contributed by atoms with E-state index in [0.717, 1.165) is 16.0 Å². The highest BCUT2D eigenvalue weighted by Gasteiger charge is 2.45. The summed E-state index contributed by atoms with van der Waals surface area (Å²) < 4.78 is 77.9. The minimum atomic E-state index is -4.14. The maximum Gasteiger partial charge on any atom is 0.410 e. The number of aliphatic hydroxyl groups excluding tert-OH is 1. The number of methoxy groups -OCH3 is 2. The molecule has 10 N–H and O–H groups in total. The lowest BCUT2D eigenvalue weighted by molar-refractivity contribution is -0.148. The molecule has 5 aromatic carbocycles. The fourth-order valence-electron chi connectivity index (χ4n) is 14.7. The van der Waals surface area contributed by atoms with Gasteiger partial charge in [0, 0.05) is 71.2 Å². The third-order valence-electron chi connectivity index (χ3n) is 21.9. The van der Waals surface area contributed by atoms with E-state index in [1.807, 2.05) is 32.0 Å². The number of urea groups is 1. The van der Waals surface area contributed by atoms with Gasteiger partial charge in [-0.1, -0.05) is 159 Å². The van der Waals surface area contributed by atoms with Crippen molar-refractivity contribution >= 4 is 90.5 Å². The number of nitrogens with zero attached hydrogens (tertiary/aromatic N) is 3. The summed E-state index contributed by atoms with van der Waals surface area (Å²) in [5.74, 6) is -10.2. The molecule has 6 rings (SSSR count). The fraction of sp³-hybridized carbons (Fsp3) is 0.534. The summed E-state index contributed by atoms with van der Waals surface area (Å²) in [6.07, 6.45) is -1.55. The topological polar surface area (TPSA) is 433 Å². The number of nitrogens with one attached hydrogen (secondary N) is 7. The summed E-state index contributed by atoms with van der Waals surface area (Å²) in [5.41, 5.74) is 8.45. The first kappa shape index (κ1) is 99.6. The summed E-state index contributed by atoms with van der Waals surface area (Å²) in [5, 5.41) is 30.2. The number of rotatable bonds is 47. The van der Waals surface area contributed by atoms with Crippen molar-refractivity contribution in [2.24, 2.45) is 41.2 Å². The lowest BCUT2D eigenvalue weighted by Gasteiger charge is -2.41. The van der Waals surface area contributed by atoms with Gasteiger partial charge in [0.05, 0.1) is 89.2 Å². The maximum atomic E-state index is 14.9. The first-order valence-electron chi connectivity index (χ1n) is 41.1. The molecule has 5 aromatic rings. The Morgan fingerprint density at radius 1 is 0.620 bits per heavy atom. The van der Waals surface area contributed by atoms with Gasteiger partial charge in [-0.25, -0.2) is 26.4 Å². The van der Waals surface area contributed by atoms with Gasteiger partial charge in [-0.05, 0) is 130 Å². The number of primary amides is 1. The second-order valence-corrected chi connectivity index (χ2v) is 36.3. The van der Waals surface area contributed by atoms with E-state index in [-0.39, 0.29) is 97.2 Å². The minimum absolute atomic E-state index is 0.00929. The molecule has 11 amide bonds. The van der Waals surface area contributed by atoms with Crippen LogP contribution in [0.4, 0.5) is 15.3 Å². The Balaban J connectivity index is 0.991. The molecular formula is C88H125N11O20S2. The van der Waals surface area contributed by atoms with Crippen molar-refractivity contribution in [1.82, 2.24) is 46.6 Å². The Bertz CT molecular complexity index is 4440. The molecule has 0 aliphatic carbocycles. The molecule has 1 saturated heterocycles. The number of aliphatic hydroxyl groups is 1. The number of carbonyl (C=O) groups is 11. The number of Topliss-reactive ketones (excluding diaryl/α,β-unsaturated/α-hetero) is 1. The number of hydrogen-bond acceptors (Lipinski definition) is 20. The number of hydrogen-bond donors (Lipinski definition) is 9. The van der Waals surface area contributed by atoms with Gasteiger partial charge in [0.2, 0.25) is 41.4 Å². The molecule has 1 aliphatic rings. The average molecular weight is 1720 g/mol. The van der Waals surface area contributed by atoms with E-state index in [1.54, 1.807) is 142 Å². The van der Waals surface area contributed by atoms with Crippen LogP contribution in [0.3, 0.4) is 0 Å². The summed E-state index contributed by atoms with van der Waals surface area (Å²) in [7, 11) is -2.26. The summed E-state index contributed by atoms with van der Waals surface area (Å²) in [6.45, 7) is 21.5. The Kier molecular flexibility index (Phi) is 38.9. The van der Waals surface area contributed by atoms with E-state index < -0.39 is 175 Å². The number of aryl methyl sites for hydroxylation is 2. The number of sulfone groups is 2. The number of nitrogens with two attached hydrogens (primary N) is 1. The van der Waals surface area contributed by atoms with E-state index in [9.17, 15) is 74.7 Å². The Labute approximate surface area is 712 Å². The van der Waals surface area contributed by atoms with E-state index in [4.69, 9.17) is 24.7 Å². The number of ketones is 1. The van der Waals surface area contributed by atoms with E-state index in [1.165, 1.54) is 74.7 Å². The van der Waals surface area contributed by atoms with Crippen LogP contribution in [0.5, 0.6) is 0 Å². The Morgan fingerprint density at radius 2 is 1.20 bits per heavy atom. The van der Waals surface area contributed by atoms with Gasteiger partial charge in [-0.3, -0.25) is 48.1 Å². The van der Waals surface area contributed by atoms with Crippen molar-refractivity contribution in [3.8, 4) is 0 Å². The lowest BCUT2D eigenvalue weighted by atomic mass is 9.89. The maximum absolute atomic E-state index is 14.9. The number of carbonyl (C=O) groups excluding carboxylic acids is 11. The van der Waals surface area contributed by atoms with E-state index >= 15 is 0 Å². The molecule has 31 nitrogen and oxygen atoms in total. The molecule has 0 saturated carbocycles. The van der Waals surface area contributed by atoms with Gasteiger partial charge in [0.15, 0.2) is 25.5 Å². The van der Waals surface area contributed by atoms with Crippen LogP contribution in [-0.2, 0) is 78.8 Å². The Hall–Kier alpha value is -10.2. The quantitative estimate of drug-likeness (QED) is 0.0132. The predicted molar refractivity (Wildman–Crippen MR) is 458 cm³/mol. The van der Waals surface area contributed by atoms with Crippen LogP contribution in [0.15, 0.2) is 137 Å². The molecule has 0 spiro atoms. The molecule has 1 aliphatic heterocycles. The second-order valence-electron chi connectivity index (χ2n) is 32.2. The zero-order valence-corrected chi connectivity index (χ0v) is 74.0. The van der Waals surface area contributed by atoms with Gasteiger partial charge in [-0.2, -0.15) is 0 Å². The number of anilines is 1. The molecule has 0 unspecified atom stereocenters. The van der Waals surface area contributed by atoms with Gasteiger partial charge in [0.25, 0.3) is 5.91 Å². The first-order chi connectivity index (χ1) is 57.1. The van der Waals surface area contributed by atoms with Crippen molar-refractivity contribution in [3.63, 3.8) is 0 Å². The number of likely N-dealkylation sites (tertiary alicyclic amines) is 1. The predicted octanol–water partition coefficient (Wildman–Crippen LogP) is 7.79. The third-order valence-corrected chi connectivity index (χ3v) is 25.6. The van der Waals surface area contributed by atoms with Gasteiger partial charge in [-0.15, -0.1) is 0 Å². The van der Waals surface area contributed by atoms with Crippen molar-refractivity contribution in [2.75, 3.05) is 78.0 Å². The average Bonchev–Trinajstić information content (AvgIpc) is 1.79. The lowest BCUT2D eigenvalue weighted by Crippen LogP contribution is -2.60. The number of benzene rings is 5. The molecule has 0 bridgehead atoms. The number of amides is 11. The highest BCUT2D eigenvalue weighted by Crippen LogP contribution is 2.32. The standard InChI is InChI=1S/C88H125N11O20S2/c1-17-58(10)77(71(116-15)49-73(101)99-46-22-26-70(99)80(117-16)59(11)81(104)92-60(12)78(102)62-23-19-18-20-24-62)97(13)86(109)75(54(4)5)96-85(108)76(55(6)7)98(14)88(111)119-50-61-31-37-66(38-32-61)93-83(106)69(25-21-44-91-87(89)110)94-84(107)74(53(2)3)95-72(100)43-47-118-48-45-90-82(105)64-35-33-63(34-36-64)79(103)65(51-120(112,113)67-39-27-56(8)28-40-67)52-121(114,115)68-41-29-57(9)30-42-68/h18-20,23-24,27-42,53-55,58-60,65,69-71,74-78,80,102H,17,21-22,25-26,43-52H2,1-16H3,(H,90,105)(H,92,104)(H,93,106)(H,94,107)(H,95,100)(H,96,108)(H3,89,91,110)/t58-,59+,60+,69-,70-,71+,74-,75-,76-,77-,78+,80+/m0/s1. The highest BCUT2D eigenvalue weighted by molar-refractivity contribution is 7.92. The largest absolute Gasteiger partial charge is 0.445 e. The molecule has 1 fully saturated rings. The van der Waals surface area contributed by atoms with Crippen LogP contribution in [0.25, 0.3) is 0 Å². The van der Waals surface area contributed by atoms with Crippen molar-refractivity contribution in [1.29, 1.82) is 0 Å². The van der Waals surface area contributed by atoms with Crippen LogP contribution in [0.1, 0.15) is 163 Å². The van der Waals surface area contributed by atoms with Crippen LogP contribution in [-0.4, -0.2) is 229 Å². The molecule has 33 heteroatoms. The van der Waals surface area contributed by atoms with Crippen LogP contribution in [0, 0.1) is 49.4 Å². The summed E-state index contributed by atoms with van der Waals surface area (Å²) in [6, 6.07) is 25.6. The molecule has 0 aromatic heterocycles. The fourth-order valence-corrected chi connectivity index (χ4v) is 18.0. The van der Waals surface area contributed by atoms with Gasteiger partial charge < -0.3 is 76.8 Å². The van der Waals surface area contributed by atoms with Crippen LogP contribution >= 0.6 is 0 Å². The Morgan fingerprint density at radius 3 is 1.74 bits per heavy atom. The monoisotopic (exact) mass is 1720 g/mol. The summed E-state index contributed by atoms with van der Waals surface area (Å²) >= 11 is 0. The smallest absolute Gasteiger partial charge is 0.410 e. The molecule has 664 valence electrons. The normalized spacial score (nSPS) is 15.7. The van der Waals surface area contributed by atoms with E-state index in [2.05, 4.69) is 37.2 Å². The van der Waals surface area contributed by atoms with Crippen molar-refractivity contribution < 1.29 is 93.6 Å². The molecular weight excluding hydrogens is 1600 g/mol. The third kappa shape index (κ3) is 29.3. The zero-order chi connectivity index (χ0) is 89.8. The number of likely N-dealkylation sites (N-methyl/N-ethyl adjacent to an activating group) is 2. The van der Waals surface area contributed by atoms with Crippen molar-refractivity contribution in [3.05, 3.63) is 161 Å². The van der Waals surface area contributed by atoms with Crippen molar-refractivity contribution in [2.45, 2.75) is 205 Å². The molecule has 121 heavy (non-hydrogen) atoms. The van der Waals surface area contributed by atoms with Crippen LogP contribution < -0.4 is 43.0 Å². The number of ether oxygens (including phenoxy) is 4.